The molecule has 2 N–H and O–H groups in total. The lowest BCUT2D eigenvalue weighted by atomic mass is 9.74. The maximum Gasteiger partial charge on any atom is 0.227 e. The fourth-order valence-electron chi connectivity index (χ4n) is 6.73. The van der Waals surface area contributed by atoms with E-state index in [0.717, 1.165) is 64.8 Å². The lowest BCUT2D eigenvalue weighted by Crippen LogP contribution is -2.53. The first-order valence-corrected chi connectivity index (χ1v) is 14.3. The number of benzene rings is 2. The van der Waals surface area contributed by atoms with E-state index in [1.807, 2.05) is 0 Å². The Kier molecular flexibility index (Phi) is 9.25. The van der Waals surface area contributed by atoms with E-state index in [9.17, 15) is 4.79 Å². The fourth-order valence-corrected chi connectivity index (χ4v) is 6.73. The predicted molar refractivity (Wildman–Crippen MR) is 150 cm³/mol. The standard InChI is InChI=1S/C32H47N3O/c1-5-26(6-2)30-20-28(27-13-8-7-9-14-27)15-18-35(30)31(36)29-22-34-23-32(29,4)16-17-33-21-25-12-10-11-24(3)19-25/h7-14,19,26,28-30,33-34H,5-6,15-18,20-23H2,1-4H3. The van der Waals surface area contributed by atoms with E-state index in [0.29, 0.717) is 23.8 Å². The third-order valence-corrected chi connectivity index (χ3v) is 9.09. The van der Waals surface area contributed by atoms with Crippen molar-refractivity contribution >= 4 is 5.91 Å². The molecule has 2 aliphatic rings. The maximum atomic E-state index is 14.2. The Balaban J connectivity index is 1.41. The van der Waals surface area contributed by atoms with Gasteiger partial charge in [-0.15, -0.1) is 0 Å². The Morgan fingerprint density at radius 3 is 2.64 bits per heavy atom. The molecule has 196 valence electrons. The van der Waals surface area contributed by atoms with Crippen LogP contribution in [0.2, 0.25) is 0 Å². The van der Waals surface area contributed by atoms with Gasteiger partial charge >= 0.3 is 0 Å². The predicted octanol–water partition coefficient (Wildman–Crippen LogP) is 5.91. The van der Waals surface area contributed by atoms with E-state index >= 15 is 0 Å². The number of piperidine rings is 1. The molecule has 0 aromatic heterocycles. The molecule has 4 rings (SSSR count). The molecule has 2 saturated heterocycles. The summed E-state index contributed by atoms with van der Waals surface area (Å²) in [6.45, 7) is 13.5. The largest absolute Gasteiger partial charge is 0.339 e. The third-order valence-electron chi connectivity index (χ3n) is 9.09. The van der Waals surface area contributed by atoms with Crippen molar-refractivity contribution in [2.45, 2.75) is 78.3 Å². The molecule has 2 aliphatic heterocycles. The van der Waals surface area contributed by atoms with Gasteiger partial charge in [0.1, 0.15) is 0 Å². The van der Waals surface area contributed by atoms with Gasteiger partial charge < -0.3 is 15.5 Å². The zero-order chi connectivity index (χ0) is 25.5. The van der Waals surface area contributed by atoms with Crippen molar-refractivity contribution < 1.29 is 4.79 Å². The van der Waals surface area contributed by atoms with Gasteiger partial charge in [-0.05, 0) is 61.1 Å². The first-order valence-electron chi connectivity index (χ1n) is 14.3. The number of rotatable bonds is 10. The van der Waals surface area contributed by atoms with E-state index < -0.39 is 0 Å². The molecule has 0 saturated carbocycles. The summed E-state index contributed by atoms with van der Waals surface area (Å²) in [5.41, 5.74) is 4.06. The number of nitrogens with one attached hydrogen (secondary N) is 2. The molecule has 0 radical (unpaired) electrons. The van der Waals surface area contributed by atoms with Crippen molar-refractivity contribution in [3.05, 3.63) is 71.3 Å². The summed E-state index contributed by atoms with van der Waals surface area (Å²) in [4.78, 5) is 16.5. The Labute approximate surface area is 219 Å². The molecule has 36 heavy (non-hydrogen) atoms. The Morgan fingerprint density at radius 2 is 1.92 bits per heavy atom. The van der Waals surface area contributed by atoms with Gasteiger partial charge in [-0.3, -0.25) is 4.79 Å². The average Bonchev–Trinajstić information content (AvgIpc) is 3.29. The molecule has 0 spiro atoms. The van der Waals surface area contributed by atoms with Crippen molar-refractivity contribution in [1.82, 2.24) is 15.5 Å². The van der Waals surface area contributed by atoms with Gasteiger partial charge in [-0.1, -0.05) is 93.8 Å². The monoisotopic (exact) mass is 489 g/mol. The van der Waals surface area contributed by atoms with Crippen LogP contribution in [0.5, 0.6) is 0 Å². The van der Waals surface area contributed by atoms with Crippen LogP contribution in [0.25, 0.3) is 0 Å². The Morgan fingerprint density at radius 1 is 1.14 bits per heavy atom. The second kappa shape index (κ2) is 12.4. The van der Waals surface area contributed by atoms with Gasteiger partial charge in [0.2, 0.25) is 5.91 Å². The summed E-state index contributed by atoms with van der Waals surface area (Å²) in [6.07, 6.45) is 5.45. The highest BCUT2D eigenvalue weighted by atomic mass is 16.2. The van der Waals surface area contributed by atoms with Crippen LogP contribution < -0.4 is 10.6 Å². The van der Waals surface area contributed by atoms with Gasteiger partial charge in [-0.25, -0.2) is 0 Å². The number of carbonyl (C=O) groups is 1. The zero-order valence-corrected chi connectivity index (χ0v) is 22.9. The van der Waals surface area contributed by atoms with E-state index in [2.05, 4.69) is 97.8 Å². The molecule has 2 fully saturated rings. The molecule has 0 aliphatic carbocycles. The number of carbonyl (C=O) groups excluding carboxylic acids is 1. The van der Waals surface area contributed by atoms with Gasteiger partial charge in [0.15, 0.2) is 0 Å². The molecule has 2 heterocycles. The molecule has 2 aromatic rings. The number of hydrogen-bond acceptors (Lipinski definition) is 3. The zero-order valence-electron chi connectivity index (χ0n) is 22.9. The van der Waals surface area contributed by atoms with Crippen molar-refractivity contribution in [1.29, 1.82) is 0 Å². The summed E-state index contributed by atoms with van der Waals surface area (Å²) < 4.78 is 0. The van der Waals surface area contributed by atoms with Crippen LogP contribution in [-0.2, 0) is 11.3 Å². The molecule has 2 aromatic carbocycles. The average molecular weight is 490 g/mol. The highest BCUT2D eigenvalue weighted by molar-refractivity contribution is 5.81. The molecule has 0 bridgehead atoms. The minimum absolute atomic E-state index is 0.00849. The lowest BCUT2D eigenvalue weighted by Gasteiger charge is -2.46. The van der Waals surface area contributed by atoms with Crippen LogP contribution in [0, 0.1) is 24.2 Å². The minimum Gasteiger partial charge on any atom is -0.339 e. The summed E-state index contributed by atoms with van der Waals surface area (Å²) in [5, 5.41) is 7.22. The normalized spacial score (nSPS) is 26.5. The SMILES string of the molecule is CCC(CC)C1CC(c2ccccc2)CCN1C(=O)C1CNCC1(C)CCNCc1cccc(C)c1. The van der Waals surface area contributed by atoms with Crippen LogP contribution in [0.1, 0.15) is 75.5 Å². The smallest absolute Gasteiger partial charge is 0.227 e. The summed E-state index contributed by atoms with van der Waals surface area (Å²) in [7, 11) is 0. The molecular weight excluding hydrogens is 442 g/mol. The van der Waals surface area contributed by atoms with Crippen LogP contribution in [0.15, 0.2) is 54.6 Å². The number of nitrogens with zero attached hydrogens (tertiary/aromatic N) is 1. The lowest BCUT2D eigenvalue weighted by molar-refractivity contribution is -0.143. The maximum absolute atomic E-state index is 14.2. The van der Waals surface area contributed by atoms with E-state index in [4.69, 9.17) is 0 Å². The second-order valence-electron chi connectivity index (χ2n) is 11.6. The molecule has 4 nitrogen and oxygen atoms in total. The number of aryl methyl sites for hydroxylation is 1. The number of hydrogen-bond donors (Lipinski definition) is 2. The quantitative estimate of drug-likeness (QED) is 0.408. The third kappa shape index (κ3) is 6.20. The van der Waals surface area contributed by atoms with Crippen molar-refractivity contribution in [2.75, 3.05) is 26.2 Å². The highest BCUT2D eigenvalue weighted by Crippen LogP contribution is 2.41. The highest BCUT2D eigenvalue weighted by Gasteiger charge is 2.47. The van der Waals surface area contributed by atoms with E-state index in [1.165, 1.54) is 16.7 Å². The van der Waals surface area contributed by atoms with Crippen molar-refractivity contribution in [3.63, 3.8) is 0 Å². The topological polar surface area (TPSA) is 44.4 Å². The van der Waals surface area contributed by atoms with Crippen LogP contribution >= 0.6 is 0 Å². The van der Waals surface area contributed by atoms with Crippen LogP contribution in [0.3, 0.4) is 0 Å². The molecule has 4 heteroatoms. The van der Waals surface area contributed by atoms with Crippen molar-refractivity contribution in [2.24, 2.45) is 17.3 Å². The van der Waals surface area contributed by atoms with Crippen molar-refractivity contribution in [3.8, 4) is 0 Å². The second-order valence-corrected chi connectivity index (χ2v) is 11.6. The van der Waals surface area contributed by atoms with E-state index in [1.54, 1.807) is 0 Å². The van der Waals surface area contributed by atoms with Gasteiger partial charge in [0.05, 0.1) is 5.92 Å². The van der Waals surface area contributed by atoms with Gasteiger partial charge in [-0.2, -0.15) is 0 Å². The summed E-state index contributed by atoms with van der Waals surface area (Å²) >= 11 is 0. The van der Waals surface area contributed by atoms with Crippen LogP contribution in [-0.4, -0.2) is 43.0 Å². The van der Waals surface area contributed by atoms with Gasteiger partial charge in [0.25, 0.3) is 0 Å². The molecule has 4 atom stereocenters. The molecule has 1 amide bonds. The first kappa shape index (κ1) is 26.9. The molecular formula is C32H47N3O. The van der Waals surface area contributed by atoms with E-state index in [-0.39, 0.29) is 11.3 Å². The fraction of sp³-hybridized carbons (Fsp3) is 0.594. The first-order chi connectivity index (χ1) is 17.4. The minimum atomic E-state index is -0.00849. The molecule has 4 unspecified atom stereocenters. The van der Waals surface area contributed by atoms with Gasteiger partial charge in [0, 0.05) is 32.2 Å². The summed E-state index contributed by atoms with van der Waals surface area (Å²) in [5.74, 6) is 1.57. The van der Waals surface area contributed by atoms with Crippen LogP contribution in [0.4, 0.5) is 0 Å². The summed E-state index contributed by atoms with van der Waals surface area (Å²) in [6, 6.07) is 20.0. The Hall–Kier alpha value is -2.17. The number of likely N-dealkylation sites (tertiary alicyclic amines) is 1. The Bertz CT molecular complexity index is 972. The number of amides is 1.